The molecule has 0 bridgehead atoms. The molecular formula is C35H47ClFN5. The van der Waals surface area contributed by atoms with Crippen molar-refractivity contribution in [2.45, 2.75) is 90.9 Å². The molecule has 1 aliphatic rings. The number of aromatic nitrogens is 3. The molecular weight excluding hydrogens is 545 g/mol. The van der Waals surface area contributed by atoms with Gasteiger partial charge in [-0.3, -0.25) is 4.40 Å². The molecule has 0 aliphatic heterocycles. The van der Waals surface area contributed by atoms with E-state index in [4.69, 9.17) is 16.6 Å². The summed E-state index contributed by atoms with van der Waals surface area (Å²) in [5.74, 6) is 1.75. The topological polar surface area (TPSA) is 45.5 Å². The minimum atomic E-state index is -0.385. The Morgan fingerprint density at radius 2 is 1.74 bits per heavy atom. The minimum absolute atomic E-state index is 0.344. The van der Waals surface area contributed by atoms with Crippen molar-refractivity contribution in [1.82, 2.24) is 19.3 Å². The number of unbranched alkanes of at least 4 members (excludes halogenated alkanes) is 2. The van der Waals surface area contributed by atoms with Gasteiger partial charge in [-0.15, -0.1) is 0 Å². The van der Waals surface area contributed by atoms with Gasteiger partial charge in [-0.25, -0.2) is 14.4 Å². The van der Waals surface area contributed by atoms with Crippen molar-refractivity contribution in [2.75, 3.05) is 25.5 Å². The Bertz CT molecular complexity index is 1370. The monoisotopic (exact) mass is 591 g/mol. The van der Waals surface area contributed by atoms with Crippen LogP contribution in [0.2, 0.25) is 5.02 Å². The van der Waals surface area contributed by atoms with Crippen LogP contribution in [0.3, 0.4) is 0 Å². The van der Waals surface area contributed by atoms with Crippen LogP contribution < -0.4 is 5.32 Å². The molecule has 0 amide bonds. The molecule has 1 N–H and O–H groups in total. The Morgan fingerprint density at radius 3 is 2.40 bits per heavy atom. The highest BCUT2D eigenvalue weighted by Gasteiger charge is 2.23. The van der Waals surface area contributed by atoms with Gasteiger partial charge in [0, 0.05) is 22.2 Å². The van der Waals surface area contributed by atoms with E-state index in [1.54, 1.807) is 6.07 Å². The van der Waals surface area contributed by atoms with E-state index in [0.717, 1.165) is 41.9 Å². The van der Waals surface area contributed by atoms with Crippen LogP contribution in [0.15, 0.2) is 54.9 Å². The van der Waals surface area contributed by atoms with Crippen molar-refractivity contribution >= 4 is 28.6 Å². The second-order valence-electron chi connectivity index (χ2n) is 11.5. The van der Waals surface area contributed by atoms with Gasteiger partial charge in [-0.2, -0.15) is 0 Å². The Balaban J connectivity index is 0.000000349. The molecule has 226 valence electrons. The lowest BCUT2D eigenvalue weighted by Crippen LogP contribution is -2.20. The lowest BCUT2D eigenvalue weighted by Gasteiger charge is -2.20. The third-order valence-corrected chi connectivity index (χ3v) is 8.26. The second-order valence-corrected chi connectivity index (χ2v) is 12.0. The maximum absolute atomic E-state index is 13.8. The van der Waals surface area contributed by atoms with Gasteiger partial charge in [-0.05, 0) is 76.0 Å². The fourth-order valence-corrected chi connectivity index (χ4v) is 5.95. The van der Waals surface area contributed by atoms with Crippen LogP contribution >= 0.6 is 11.6 Å². The second kappa shape index (κ2) is 16.0. The Kier molecular flexibility index (Phi) is 12.2. The van der Waals surface area contributed by atoms with E-state index in [9.17, 15) is 4.39 Å². The first kappa shape index (κ1) is 32.0. The van der Waals surface area contributed by atoms with Crippen LogP contribution in [-0.2, 0) is 6.42 Å². The smallest absolute Gasteiger partial charge is 0.147 e. The molecule has 0 radical (unpaired) electrons. The number of rotatable bonds is 11. The fraction of sp³-hybridized carbons (Fsp3) is 0.486. The van der Waals surface area contributed by atoms with Crippen molar-refractivity contribution in [1.29, 1.82) is 0 Å². The van der Waals surface area contributed by atoms with Gasteiger partial charge in [0.05, 0.1) is 23.6 Å². The van der Waals surface area contributed by atoms with Crippen molar-refractivity contribution in [3.8, 4) is 11.3 Å². The summed E-state index contributed by atoms with van der Waals surface area (Å²) < 4.78 is 15.9. The third-order valence-electron chi connectivity index (χ3n) is 8.04. The normalized spacial score (nSPS) is 13.8. The summed E-state index contributed by atoms with van der Waals surface area (Å²) in [5.41, 5.74) is 4.92. The summed E-state index contributed by atoms with van der Waals surface area (Å²) in [5, 5.41) is 3.53. The lowest BCUT2D eigenvalue weighted by atomic mass is 9.89. The predicted octanol–water partition coefficient (Wildman–Crippen LogP) is 10.1. The van der Waals surface area contributed by atoms with Gasteiger partial charge in [-0.1, -0.05) is 88.7 Å². The molecule has 5 rings (SSSR count). The quantitative estimate of drug-likeness (QED) is 0.176. The molecule has 2 aromatic heterocycles. The van der Waals surface area contributed by atoms with Crippen LogP contribution in [-0.4, -0.2) is 39.4 Å². The summed E-state index contributed by atoms with van der Waals surface area (Å²) in [6.07, 6.45) is 16.3. The van der Waals surface area contributed by atoms with Crippen molar-refractivity contribution < 1.29 is 4.39 Å². The molecule has 5 nitrogen and oxygen atoms in total. The number of nitrogens with zero attached hydrogens (tertiary/aromatic N) is 4. The number of anilines is 2. The molecule has 0 atom stereocenters. The largest absolute Gasteiger partial charge is 0.339 e. The molecule has 1 saturated carbocycles. The van der Waals surface area contributed by atoms with E-state index in [2.05, 4.69) is 71.7 Å². The maximum atomic E-state index is 13.8. The first-order valence-corrected chi connectivity index (χ1v) is 16.2. The highest BCUT2D eigenvalue weighted by Crippen LogP contribution is 2.36. The molecule has 0 spiro atoms. The van der Waals surface area contributed by atoms with Gasteiger partial charge in [0.15, 0.2) is 0 Å². The Labute approximate surface area is 256 Å². The summed E-state index contributed by atoms with van der Waals surface area (Å²) in [7, 11) is 2.21. The van der Waals surface area contributed by atoms with Crippen molar-refractivity contribution in [2.24, 2.45) is 0 Å². The number of benzene rings is 2. The standard InChI is InChI=1S/C26H26ClFN4.C9H21N/c1-2-17-8-10-18(11-9-17)25-23-15-29-24(30-22-13-20(27)12-21(28)14-22)16-32(23)26(31-25)19-6-4-3-5-7-19;1-4-6-7-9-10(3)8-5-2/h8-16,19,30H,2-7H2,1H3;4-9H2,1-3H3. The summed E-state index contributed by atoms with van der Waals surface area (Å²) in [6.45, 7) is 9.17. The van der Waals surface area contributed by atoms with Gasteiger partial charge >= 0.3 is 0 Å². The zero-order chi connectivity index (χ0) is 29.9. The van der Waals surface area contributed by atoms with Crippen LogP contribution in [0.4, 0.5) is 15.9 Å². The van der Waals surface area contributed by atoms with E-state index in [1.807, 2.05) is 12.4 Å². The molecule has 1 fully saturated rings. The molecule has 2 heterocycles. The highest BCUT2D eigenvalue weighted by molar-refractivity contribution is 6.30. The maximum Gasteiger partial charge on any atom is 0.147 e. The number of fused-ring (bicyclic) bond motifs is 1. The van der Waals surface area contributed by atoms with E-state index in [1.165, 1.54) is 75.7 Å². The number of nitrogens with one attached hydrogen (secondary N) is 1. The molecule has 2 aromatic carbocycles. The van der Waals surface area contributed by atoms with E-state index < -0.39 is 0 Å². The lowest BCUT2D eigenvalue weighted by molar-refractivity contribution is 0.326. The van der Waals surface area contributed by atoms with Gasteiger partial charge in [0.1, 0.15) is 17.5 Å². The zero-order valence-corrected chi connectivity index (χ0v) is 26.6. The number of aryl methyl sites for hydroxylation is 1. The molecule has 42 heavy (non-hydrogen) atoms. The SMILES string of the molecule is CCCCCN(C)CCC.CCc1ccc(-c2nc(C3CCCCC3)n3cc(Nc4cc(F)cc(Cl)c4)ncc23)cc1. The van der Waals surface area contributed by atoms with E-state index >= 15 is 0 Å². The van der Waals surface area contributed by atoms with Crippen LogP contribution in [0.1, 0.15) is 95.9 Å². The molecule has 0 saturated heterocycles. The average molecular weight is 592 g/mol. The number of imidazole rings is 1. The molecule has 0 unspecified atom stereocenters. The van der Waals surface area contributed by atoms with Crippen LogP contribution in [0, 0.1) is 5.82 Å². The predicted molar refractivity (Wildman–Crippen MR) is 176 cm³/mol. The fourth-order valence-electron chi connectivity index (χ4n) is 5.73. The minimum Gasteiger partial charge on any atom is -0.339 e. The van der Waals surface area contributed by atoms with E-state index in [-0.39, 0.29) is 5.82 Å². The average Bonchev–Trinajstić information content (AvgIpc) is 3.37. The number of hydrogen-bond acceptors (Lipinski definition) is 4. The summed E-state index contributed by atoms with van der Waals surface area (Å²) >= 11 is 6.02. The van der Waals surface area contributed by atoms with Crippen molar-refractivity contribution in [3.63, 3.8) is 0 Å². The third kappa shape index (κ3) is 8.78. The number of halogens is 2. The van der Waals surface area contributed by atoms with Crippen molar-refractivity contribution in [3.05, 3.63) is 77.1 Å². The van der Waals surface area contributed by atoms with E-state index in [0.29, 0.717) is 22.4 Å². The summed E-state index contributed by atoms with van der Waals surface area (Å²) in [4.78, 5) is 12.1. The van der Waals surface area contributed by atoms with Gasteiger partial charge < -0.3 is 10.2 Å². The van der Waals surface area contributed by atoms with Gasteiger partial charge in [0.2, 0.25) is 0 Å². The van der Waals surface area contributed by atoms with Crippen LogP contribution in [0.5, 0.6) is 0 Å². The Hall–Kier alpha value is -2.96. The van der Waals surface area contributed by atoms with Gasteiger partial charge in [0.25, 0.3) is 0 Å². The number of hydrogen-bond donors (Lipinski definition) is 1. The first-order valence-electron chi connectivity index (χ1n) is 15.8. The summed E-state index contributed by atoms with van der Waals surface area (Å²) in [6, 6.07) is 13.0. The molecule has 7 heteroatoms. The highest BCUT2D eigenvalue weighted by atomic mass is 35.5. The van der Waals surface area contributed by atoms with Crippen LogP contribution in [0.25, 0.3) is 16.8 Å². The zero-order valence-electron chi connectivity index (χ0n) is 25.8. The first-order chi connectivity index (χ1) is 20.4. The molecule has 4 aromatic rings. The Morgan fingerprint density at radius 1 is 0.976 bits per heavy atom. The molecule has 1 aliphatic carbocycles.